The standard InChI is InChI=1S/C11H14BrCl2NO/c1-16-7-3-2-6-15-9-5-4-8(12)10(13)11(9)14/h4-5,15H,2-3,6-7H2,1H3. The van der Waals surface area contributed by atoms with Crippen molar-refractivity contribution in [1.82, 2.24) is 0 Å². The molecule has 0 aliphatic carbocycles. The van der Waals surface area contributed by atoms with Gasteiger partial charge in [-0.05, 0) is 40.9 Å². The molecular weight excluding hydrogens is 313 g/mol. The molecule has 0 saturated carbocycles. The van der Waals surface area contributed by atoms with E-state index < -0.39 is 0 Å². The number of rotatable bonds is 6. The van der Waals surface area contributed by atoms with Gasteiger partial charge in [0.15, 0.2) is 0 Å². The summed E-state index contributed by atoms with van der Waals surface area (Å²) in [5, 5.41) is 4.35. The van der Waals surface area contributed by atoms with Crippen molar-refractivity contribution in [3.8, 4) is 0 Å². The van der Waals surface area contributed by atoms with Crippen LogP contribution < -0.4 is 5.32 Å². The maximum atomic E-state index is 6.09. The fourth-order valence-electron chi connectivity index (χ4n) is 1.26. The first-order valence-electron chi connectivity index (χ1n) is 5.03. The van der Waals surface area contributed by atoms with Gasteiger partial charge in [0.05, 0.1) is 15.7 Å². The molecule has 2 nitrogen and oxygen atoms in total. The molecule has 0 aromatic heterocycles. The van der Waals surface area contributed by atoms with Crippen LogP contribution in [0.4, 0.5) is 5.69 Å². The van der Waals surface area contributed by atoms with E-state index in [4.69, 9.17) is 27.9 Å². The third-order valence-corrected chi connectivity index (χ3v) is 3.90. The summed E-state index contributed by atoms with van der Waals surface area (Å²) in [6.07, 6.45) is 2.07. The summed E-state index contributed by atoms with van der Waals surface area (Å²) >= 11 is 15.4. The highest BCUT2D eigenvalue weighted by Crippen LogP contribution is 2.35. The molecule has 0 aliphatic heterocycles. The summed E-state index contributed by atoms with van der Waals surface area (Å²) < 4.78 is 5.78. The predicted molar refractivity (Wildman–Crippen MR) is 73.8 cm³/mol. The smallest absolute Gasteiger partial charge is 0.0835 e. The lowest BCUT2D eigenvalue weighted by Crippen LogP contribution is -2.03. The molecule has 0 unspecified atom stereocenters. The summed E-state index contributed by atoms with van der Waals surface area (Å²) in [5.74, 6) is 0. The average molecular weight is 327 g/mol. The number of hydrogen-bond donors (Lipinski definition) is 1. The van der Waals surface area contributed by atoms with Gasteiger partial charge < -0.3 is 10.1 Å². The Labute approximate surface area is 114 Å². The average Bonchev–Trinajstić information content (AvgIpc) is 2.28. The molecule has 90 valence electrons. The van der Waals surface area contributed by atoms with E-state index in [0.717, 1.165) is 36.2 Å². The third-order valence-electron chi connectivity index (χ3n) is 2.13. The number of nitrogens with one attached hydrogen (secondary N) is 1. The van der Waals surface area contributed by atoms with Gasteiger partial charge in [-0.25, -0.2) is 0 Å². The zero-order valence-electron chi connectivity index (χ0n) is 9.03. The number of unbranched alkanes of at least 4 members (excludes halogenated alkanes) is 1. The van der Waals surface area contributed by atoms with E-state index in [1.807, 2.05) is 12.1 Å². The second-order valence-electron chi connectivity index (χ2n) is 3.35. The van der Waals surface area contributed by atoms with Gasteiger partial charge in [-0.1, -0.05) is 23.2 Å². The molecule has 1 aromatic carbocycles. The Morgan fingerprint density at radius 1 is 1.25 bits per heavy atom. The monoisotopic (exact) mass is 325 g/mol. The summed E-state index contributed by atoms with van der Waals surface area (Å²) in [6.45, 7) is 1.65. The van der Waals surface area contributed by atoms with E-state index >= 15 is 0 Å². The normalized spacial score (nSPS) is 10.5. The first-order chi connectivity index (χ1) is 7.66. The van der Waals surface area contributed by atoms with Gasteiger partial charge in [0.2, 0.25) is 0 Å². The Morgan fingerprint density at radius 3 is 2.69 bits per heavy atom. The first kappa shape index (κ1) is 14.1. The van der Waals surface area contributed by atoms with E-state index in [-0.39, 0.29) is 0 Å². The van der Waals surface area contributed by atoms with Crippen LogP contribution in [-0.4, -0.2) is 20.3 Å². The highest BCUT2D eigenvalue weighted by atomic mass is 79.9. The number of halogens is 3. The minimum absolute atomic E-state index is 0.545. The van der Waals surface area contributed by atoms with Crippen molar-refractivity contribution in [3.63, 3.8) is 0 Å². The van der Waals surface area contributed by atoms with Gasteiger partial charge >= 0.3 is 0 Å². The van der Waals surface area contributed by atoms with Gasteiger partial charge in [0.25, 0.3) is 0 Å². The zero-order valence-corrected chi connectivity index (χ0v) is 12.1. The van der Waals surface area contributed by atoms with Crippen LogP contribution in [0.5, 0.6) is 0 Å². The topological polar surface area (TPSA) is 21.3 Å². The fraction of sp³-hybridized carbons (Fsp3) is 0.455. The third kappa shape index (κ3) is 4.13. The van der Waals surface area contributed by atoms with Gasteiger partial charge in [0, 0.05) is 24.7 Å². The maximum absolute atomic E-state index is 6.09. The van der Waals surface area contributed by atoms with Crippen LogP contribution in [0.15, 0.2) is 16.6 Å². The highest BCUT2D eigenvalue weighted by Gasteiger charge is 2.07. The van der Waals surface area contributed by atoms with Gasteiger partial charge in [0.1, 0.15) is 0 Å². The van der Waals surface area contributed by atoms with Crippen molar-refractivity contribution in [1.29, 1.82) is 0 Å². The zero-order chi connectivity index (χ0) is 12.0. The second-order valence-corrected chi connectivity index (χ2v) is 4.96. The lowest BCUT2D eigenvalue weighted by molar-refractivity contribution is 0.194. The Kier molecular flexibility index (Phi) is 6.51. The van der Waals surface area contributed by atoms with Crippen LogP contribution in [-0.2, 0) is 4.74 Å². The quantitative estimate of drug-likeness (QED) is 0.609. The van der Waals surface area contributed by atoms with Crippen molar-refractivity contribution < 1.29 is 4.74 Å². The number of methoxy groups -OCH3 is 1. The summed E-state index contributed by atoms with van der Waals surface area (Å²) in [6, 6.07) is 3.79. The van der Waals surface area contributed by atoms with Crippen molar-refractivity contribution in [3.05, 3.63) is 26.7 Å². The minimum atomic E-state index is 0.545. The Bertz CT molecular complexity index is 347. The van der Waals surface area contributed by atoms with Crippen molar-refractivity contribution in [2.24, 2.45) is 0 Å². The van der Waals surface area contributed by atoms with Gasteiger partial charge in [-0.2, -0.15) is 0 Å². The van der Waals surface area contributed by atoms with E-state index in [9.17, 15) is 0 Å². The molecule has 1 N–H and O–H groups in total. The summed E-state index contributed by atoms with van der Waals surface area (Å²) in [4.78, 5) is 0. The van der Waals surface area contributed by atoms with Crippen molar-refractivity contribution >= 4 is 44.8 Å². The molecule has 5 heteroatoms. The number of hydrogen-bond acceptors (Lipinski definition) is 2. The van der Waals surface area contributed by atoms with Crippen LogP contribution in [0.25, 0.3) is 0 Å². The van der Waals surface area contributed by atoms with Gasteiger partial charge in [-0.3, -0.25) is 0 Å². The molecule has 0 amide bonds. The fourth-order valence-corrected chi connectivity index (χ4v) is 2.10. The Balaban J connectivity index is 2.45. The second kappa shape index (κ2) is 7.38. The molecule has 0 radical (unpaired) electrons. The van der Waals surface area contributed by atoms with E-state index in [1.165, 1.54) is 0 Å². The number of anilines is 1. The highest BCUT2D eigenvalue weighted by molar-refractivity contribution is 9.10. The minimum Gasteiger partial charge on any atom is -0.385 e. The molecule has 0 heterocycles. The Morgan fingerprint density at radius 2 is 2.00 bits per heavy atom. The molecule has 0 bridgehead atoms. The van der Waals surface area contributed by atoms with Crippen molar-refractivity contribution in [2.75, 3.05) is 25.6 Å². The lowest BCUT2D eigenvalue weighted by atomic mass is 10.3. The molecular formula is C11H14BrCl2NO. The maximum Gasteiger partial charge on any atom is 0.0835 e. The van der Waals surface area contributed by atoms with Gasteiger partial charge in [-0.15, -0.1) is 0 Å². The summed E-state index contributed by atoms with van der Waals surface area (Å²) in [5.41, 5.74) is 0.868. The van der Waals surface area contributed by atoms with E-state index in [2.05, 4.69) is 21.2 Å². The molecule has 1 rings (SSSR count). The molecule has 16 heavy (non-hydrogen) atoms. The number of ether oxygens (including phenoxy) is 1. The molecule has 1 aromatic rings. The molecule has 0 fully saturated rings. The largest absolute Gasteiger partial charge is 0.385 e. The Hall–Kier alpha value is 0.0400. The van der Waals surface area contributed by atoms with Crippen LogP contribution >= 0.6 is 39.1 Å². The van der Waals surface area contributed by atoms with Crippen LogP contribution in [0.3, 0.4) is 0 Å². The van der Waals surface area contributed by atoms with E-state index in [1.54, 1.807) is 7.11 Å². The summed E-state index contributed by atoms with van der Waals surface area (Å²) in [7, 11) is 1.71. The van der Waals surface area contributed by atoms with Crippen LogP contribution in [0.2, 0.25) is 10.0 Å². The first-order valence-corrected chi connectivity index (χ1v) is 6.58. The van der Waals surface area contributed by atoms with E-state index in [0.29, 0.717) is 10.0 Å². The predicted octanol–water partition coefficient (Wildman–Crippen LogP) is 4.59. The SMILES string of the molecule is COCCCCNc1ccc(Br)c(Cl)c1Cl. The molecule has 0 saturated heterocycles. The molecule has 0 aliphatic rings. The van der Waals surface area contributed by atoms with Crippen LogP contribution in [0.1, 0.15) is 12.8 Å². The van der Waals surface area contributed by atoms with Crippen LogP contribution in [0, 0.1) is 0 Å². The van der Waals surface area contributed by atoms with Crippen molar-refractivity contribution in [2.45, 2.75) is 12.8 Å². The number of benzene rings is 1. The lowest BCUT2D eigenvalue weighted by Gasteiger charge is -2.10. The molecule has 0 spiro atoms. The molecule has 0 atom stereocenters.